The van der Waals surface area contributed by atoms with Gasteiger partial charge < -0.3 is 9.80 Å². The monoisotopic (exact) mass is 806 g/mol. The van der Waals surface area contributed by atoms with Crippen LogP contribution in [0.25, 0.3) is 11.1 Å². The van der Waals surface area contributed by atoms with Crippen molar-refractivity contribution in [3.05, 3.63) is 203 Å². The van der Waals surface area contributed by atoms with Crippen LogP contribution < -0.4 is 9.80 Å². The summed E-state index contributed by atoms with van der Waals surface area (Å²) >= 11 is 0. The first-order chi connectivity index (χ1) is 30.5. The number of hydrogen-bond acceptors (Lipinski definition) is 2. The predicted molar refractivity (Wildman–Crippen MR) is 259 cm³/mol. The average molecular weight is 807 g/mol. The van der Waals surface area contributed by atoms with Gasteiger partial charge in [0.15, 0.2) is 0 Å². The fourth-order valence-electron chi connectivity index (χ4n) is 13.6. The summed E-state index contributed by atoms with van der Waals surface area (Å²) in [6.45, 7) is 4.82. The van der Waals surface area contributed by atoms with Crippen molar-refractivity contribution in [3.63, 3.8) is 0 Å². The molecule has 5 aliphatic rings. The number of hydrogen-bond donors (Lipinski definition) is 0. The average Bonchev–Trinajstić information content (AvgIpc) is 3.87. The smallest absolute Gasteiger partial charge is 0.0505 e. The van der Waals surface area contributed by atoms with Crippen molar-refractivity contribution in [2.24, 2.45) is 11.8 Å². The Hall–Kier alpha value is -5.86. The van der Waals surface area contributed by atoms with Gasteiger partial charge in [0.2, 0.25) is 0 Å². The second-order valence-electron chi connectivity index (χ2n) is 19.7. The number of para-hydroxylation sites is 2. The minimum atomic E-state index is -0.122. The fraction of sp³-hybridized carbons (Fsp3) is 0.300. The highest BCUT2D eigenvalue weighted by Gasteiger charge is 2.59. The molecule has 0 heterocycles. The van der Waals surface area contributed by atoms with E-state index in [9.17, 15) is 0 Å². The molecule has 62 heavy (non-hydrogen) atoms. The Morgan fingerprint density at radius 2 is 0.919 bits per heavy atom. The summed E-state index contributed by atoms with van der Waals surface area (Å²) in [5.41, 5.74) is 20.8. The molecule has 5 aliphatic carbocycles. The Bertz CT molecular complexity index is 2770. The van der Waals surface area contributed by atoms with Gasteiger partial charge in [-0.15, -0.1) is 0 Å². The van der Waals surface area contributed by atoms with E-state index in [1.54, 1.807) is 22.3 Å². The molecule has 3 atom stereocenters. The Balaban J connectivity index is 1.08. The van der Waals surface area contributed by atoms with Crippen LogP contribution in [0.1, 0.15) is 116 Å². The molecule has 0 aliphatic heterocycles. The molecule has 0 saturated heterocycles. The van der Waals surface area contributed by atoms with Crippen LogP contribution >= 0.6 is 0 Å². The maximum atomic E-state index is 2.64. The Kier molecular flexibility index (Phi) is 9.10. The van der Waals surface area contributed by atoms with Gasteiger partial charge in [0.25, 0.3) is 0 Å². The van der Waals surface area contributed by atoms with Crippen molar-refractivity contribution < 1.29 is 0 Å². The second kappa shape index (κ2) is 14.9. The largest absolute Gasteiger partial charge is 0.310 e. The molecule has 7 aromatic rings. The third-order valence-corrected chi connectivity index (χ3v) is 16.2. The van der Waals surface area contributed by atoms with Gasteiger partial charge in [0, 0.05) is 33.6 Å². The van der Waals surface area contributed by atoms with Crippen molar-refractivity contribution in [2.75, 3.05) is 9.80 Å². The summed E-state index contributed by atoms with van der Waals surface area (Å²) in [7, 11) is 0. The Morgan fingerprint density at radius 1 is 0.419 bits per heavy atom. The molecule has 2 fully saturated rings. The minimum Gasteiger partial charge on any atom is -0.310 e. The molecule has 0 bridgehead atoms. The normalized spacial score (nSPS) is 21.8. The maximum absolute atomic E-state index is 2.64. The van der Waals surface area contributed by atoms with E-state index in [4.69, 9.17) is 0 Å². The predicted octanol–water partition coefficient (Wildman–Crippen LogP) is 16.2. The third kappa shape index (κ3) is 5.74. The highest BCUT2D eigenvalue weighted by molar-refractivity contribution is 5.89. The van der Waals surface area contributed by atoms with Crippen LogP contribution in [0.15, 0.2) is 164 Å². The van der Waals surface area contributed by atoms with Gasteiger partial charge in [-0.05, 0) is 167 Å². The quantitative estimate of drug-likeness (QED) is 0.158. The van der Waals surface area contributed by atoms with Crippen LogP contribution in [0.5, 0.6) is 0 Å². The molecule has 0 aromatic heterocycles. The zero-order valence-electron chi connectivity index (χ0n) is 36.5. The molecule has 7 aromatic carbocycles. The SMILES string of the molecule is CC1(C)c2ccccc2-c2ccc(N(c3ccccc3)c3cccc4c3C35c6c(cccc6N(c6ccccc6)c6ccc(C7CCCCC7)cc6)CC3CCCCC5C4)cc21. The molecule has 3 unspecified atom stereocenters. The van der Waals surface area contributed by atoms with E-state index in [2.05, 4.69) is 187 Å². The molecule has 2 heteroatoms. The highest BCUT2D eigenvalue weighted by Crippen LogP contribution is 2.67. The summed E-state index contributed by atoms with van der Waals surface area (Å²) < 4.78 is 0. The van der Waals surface area contributed by atoms with E-state index in [1.807, 2.05) is 0 Å². The lowest BCUT2D eigenvalue weighted by Gasteiger charge is -2.43. The second-order valence-corrected chi connectivity index (χ2v) is 19.7. The van der Waals surface area contributed by atoms with Gasteiger partial charge in [-0.25, -0.2) is 0 Å². The molecule has 2 saturated carbocycles. The van der Waals surface area contributed by atoms with Gasteiger partial charge in [-0.2, -0.15) is 0 Å². The van der Waals surface area contributed by atoms with E-state index in [1.165, 1.54) is 120 Å². The van der Waals surface area contributed by atoms with Crippen LogP contribution in [0.3, 0.4) is 0 Å². The van der Waals surface area contributed by atoms with Gasteiger partial charge in [0.05, 0.1) is 11.4 Å². The summed E-state index contributed by atoms with van der Waals surface area (Å²) in [6, 6.07) is 63.3. The van der Waals surface area contributed by atoms with Crippen LogP contribution in [0.2, 0.25) is 0 Å². The van der Waals surface area contributed by atoms with Crippen molar-refractivity contribution in [1.29, 1.82) is 0 Å². The van der Waals surface area contributed by atoms with Crippen molar-refractivity contribution >= 4 is 34.1 Å². The number of benzene rings is 7. The van der Waals surface area contributed by atoms with E-state index in [0.717, 1.165) is 12.8 Å². The molecule has 12 rings (SSSR count). The third-order valence-electron chi connectivity index (χ3n) is 16.2. The van der Waals surface area contributed by atoms with Crippen LogP contribution in [-0.2, 0) is 23.7 Å². The lowest BCUT2D eigenvalue weighted by Crippen LogP contribution is -2.39. The Labute approximate surface area is 369 Å². The first kappa shape index (κ1) is 37.9. The first-order valence-corrected chi connectivity index (χ1v) is 23.8. The molecule has 1 spiro atoms. The van der Waals surface area contributed by atoms with Gasteiger partial charge in [0.1, 0.15) is 0 Å². The molecular weight excluding hydrogens is 749 g/mol. The molecule has 0 amide bonds. The maximum Gasteiger partial charge on any atom is 0.0505 e. The topological polar surface area (TPSA) is 6.48 Å². The number of anilines is 6. The number of nitrogens with zero attached hydrogens (tertiary/aromatic N) is 2. The molecule has 308 valence electrons. The number of fused-ring (bicyclic) bond motifs is 5. The van der Waals surface area contributed by atoms with E-state index in [0.29, 0.717) is 17.8 Å². The van der Waals surface area contributed by atoms with Crippen molar-refractivity contribution in [2.45, 2.75) is 101 Å². The lowest BCUT2D eigenvalue weighted by atomic mass is 9.63. The summed E-state index contributed by atoms with van der Waals surface area (Å²) in [4.78, 5) is 5.26. The van der Waals surface area contributed by atoms with Crippen LogP contribution in [0.4, 0.5) is 34.1 Å². The minimum absolute atomic E-state index is 0.0894. The standard InChI is InChI=1S/C60H58N2/c1-59(2)53-29-15-14-28-51(53)52-37-36-50(40-54(52)59)62(48-26-10-5-11-27-48)56-31-17-21-44-39-46-23-13-12-22-45-38-43-20-16-30-55(57(43)60(45,46)58(44)56)61(47-24-8-4-9-25-47)49-34-32-42(33-35-49)41-18-6-3-7-19-41/h4-5,8-11,14-17,20-21,24-37,40-41,45-46H,3,6-7,12-13,18-19,22-23,38-39H2,1-2H3. The molecule has 0 radical (unpaired) electrons. The summed E-state index contributed by atoms with van der Waals surface area (Å²) in [5.74, 6) is 1.75. The van der Waals surface area contributed by atoms with E-state index < -0.39 is 0 Å². The van der Waals surface area contributed by atoms with Gasteiger partial charge >= 0.3 is 0 Å². The zero-order chi connectivity index (χ0) is 41.4. The number of rotatable bonds is 7. The van der Waals surface area contributed by atoms with E-state index >= 15 is 0 Å². The molecule has 0 N–H and O–H groups in total. The summed E-state index contributed by atoms with van der Waals surface area (Å²) in [5, 5.41) is 0. The van der Waals surface area contributed by atoms with Gasteiger partial charge in [-0.3, -0.25) is 0 Å². The molecular formula is C60H58N2. The van der Waals surface area contributed by atoms with E-state index in [-0.39, 0.29) is 10.8 Å². The molecule has 2 nitrogen and oxygen atoms in total. The van der Waals surface area contributed by atoms with Crippen molar-refractivity contribution in [1.82, 2.24) is 0 Å². The van der Waals surface area contributed by atoms with Crippen molar-refractivity contribution in [3.8, 4) is 11.1 Å². The summed E-state index contributed by atoms with van der Waals surface area (Å²) in [6.07, 6.45) is 14.1. The zero-order valence-corrected chi connectivity index (χ0v) is 36.5. The van der Waals surface area contributed by atoms with Crippen LogP contribution in [0, 0.1) is 11.8 Å². The van der Waals surface area contributed by atoms with Crippen LogP contribution in [-0.4, -0.2) is 0 Å². The lowest BCUT2D eigenvalue weighted by molar-refractivity contribution is 0.258. The van der Waals surface area contributed by atoms with Gasteiger partial charge in [-0.1, -0.05) is 149 Å². The fourth-order valence-corrected chi connectivity index (χ4v) is 13.6. The first-order valence-electron chi connectivity index (χ1n) is 23.8. The Morgan fingerprint density at radius 3 is 1.53 bits per heavy atom. The highest BCUT2D eigenvalue weighted by atomic mass is 15.2.